The minimum absolute atomic E-state index is 0.169. The second-order valence-corrected chi connectivity index (χ2v) is 6.57. The normalized spacial score (nSPS) is 31.6. The summed E-state index contributed by atoms with van der Waals surface area (Å²) in [6.45, 7) is 0.793. The summed E-state index contributed by atoms with van der Waals surface area (Å²) >= 11 is 0. The van der Waals surface area contributed by atoms with E-state index in [0.717, 1.165) is 31.2 Å². The van der Waals surface area contributed by atoms with Crippen LogP contribution in [-0.2, 0) is 6.42 Å². The van der Waals surface area contributed by atoms with Gasteiger partial charge in [0, 0.05) is 12.1 Å². The Hall–Kier alpha value is -1.42. The van der Waals surface area contributed by atoms with Gasteiger partial charge in [0.1, 0.15) is 0 Å². The average molecular weight is 274 g/mol. The van der Waals surface area contributed by atoms with Crippen molar-refractivity contribution in [2.24, 2.45) is 23.0 Å². The Morgan fingerprint density at radius 1 is 1.30 bits per heavy atom. The van der Waals surface area contributed by atoms with Crippen molar-refractivity contribution in [3.63, 3.8) is 0 Å². The van der Waals surface area contributed by atoms with Crippen LogP contribution in [0, 0.1) is 27.4 Å². The number of non-ortho nitro benzene ring substituents is 1. The third-order valence-electron chi connectivity index (χ3n) is 5.57. The van der Waals surface area contributed by atoms with E-state index < -0.39 is 0 Å². The Bertz CT molecular complexity index is 500. The fourth-order valence-corrected chi connectivity index (χ4v) is 4.39. The van der Waals surface area contributed by atoms with Crippen molar-refractivity contribution in [1.82, 2.24) is 0 Å². The summed E-state index contributed by atoms with van der Waals surface area (Å²) in [5.74, 6) is 1.72. The zero-order valence-corrected chi connectivity index (χ0v) is 11.8. The van der Waals surface area contributed by atoms with Crippen LogP contribution >= 0.6 is 0 Å². The summed E-state index contributed by atoms with van der Waals surface area (Å²) < 4.78 is 0. The zero-order valence-electron chi connectivity index (χ0n) is 11.8. The first-order valence-electron chi connectivity index (χ1n) is 7.56. The third kappa shape index (κ3) is 2.33. The standard InChI is InChI=1S/C16H22N2O2/c17-11-16(10-13-1-4-14(16)9-13)8-7-12-2-5-15(6-3-12)18(19)20/h2-3,5-6,13-14H,1,4,7-11,17H2. The number of nitro benzene ring substituents is 1. The lowest BCUT2D eigenvalue weighted by molar-refractivity contribution is -0.384. The lowest BCUT2D eigenvalue weighted by Crippen LogP contribution is -2.36. The van der Waals surface area contributed by atoms with Crippen molar-refractivity contribution in [2.75, 3.05) is 6.54 Å². The van der Waals surface area contributed by atoms with E-state index in [0.29, 0.717) is 5.41 Å². The maximum atomic E-state index is 10.7. The molecule has 0 aliphatic heterocycles. The van der Waals surface area contributed by atoms with Crippen molar-refractivity contribution in [2.45, 2.75) is 38.5 Å². The van der Waals surface area contributed by atoms with Crippen molar-refractivity contribution in [1.29, 1.82) is 0 Å². The van der Waals surface area contributed by atoms with Crippen LogP contribution in [0.4, 0.5) is 5.69 Å². The van der Waals surface area contributed by atoms with Crippen molar-refractivity contribution in [3.05, 3.63) is 39.9 Å². The molecule has 0 spiro atoms. The number of hydrogen-bond acceptors (Lipinski definition) is 3. The third-order valence-corrected chi connectivity index (χ3v) is 5.57. The molecule has 2 fully saturated rings. The summed E-state index contributed by atoms with van der Waals surface area (Å²) in [7, 11) is 0. The van der Waals surface area contributed by atoms with Gasteiger partial charge in [-0.1, -0.05) is 18.6 Å². The second-order valence-electron chi connectivity index (χ2n) is 6.57. The Morgan fingerprint density at radius 2 is 2.05 bits per heavy atom. The molecule has 2 aliphatic carbocycles. The van der Waals surface area contributed by atoms with Gasteiger partial charge in [-0.15, -0.1) is 0 Å². The Labute approximate surface area is 119 Å². The fraction of sp³-hybridized carbons (Fsp3) is 0.625. The molecule has 0 saturated heterocycles. The molecule has 0 heterocycles. The number of hydrogen-bond donors (Lipinski definition) is 1. The summed E-state index contributed by atoms with van der Waals surface area (Å²) in [5.41, 5.74) is 7.79. The van der Waals surface area contributed by atoms with Gasteiger partial charge in [0.15, 0.2) is 0 Å². The molecular weight excluding hydrogens is 252 g/mol. The van der Waals surface area contributed by atoms with Gasteiger partial charge in [0.05, 0.1) is 4.92 Å². The predicted octanol–water partition coefficient (Wildman–Crippen LogP) is 3.29. The maximum absolute atomic E-state index is 10.7. The molecule has 2 aliphatic rings. The summed E-state index contributed by atoms with van der Waals surface area (Å²) in [6, 6.07) is 6.97. The molecule has 20 heavy (non-hydrogen) atoms. The van der Waals surface area contributed by atoms with Crippen molar-refractivity contribution in [3.8, 4) is 0 Å². The van der Waals surface area contributed by atoms with Gasteiger partial charge in [-0.2, -0.15) is 0 Å². The molecule has 4 heteroatoms. The Balaban J connectivity index is 1.65. The molecule has 2 bridgehead atoms. The van der Waals surface area contributed by atoms with E-state index in [9.17, 15) is 10.1 Å². The maximum Gasteiger partial charge on any atom is 0.269 e. The van der Waals surface area contributed by atoms with Crippen LogP contribution in [0.3, 0.4) is 0 Å². The van der Waals surface area contributed by atoms with Gasteiger partial charge in [-0.3, -0.25) is 10.1 Å². The number of benzene rings is 1. The number of nitrogens with zero attached hydrogens (tertiary/aromatic N) is 1. The molecule has 2 N–H and O–H groups in total. The first-order valence-corrected chi connectivity index (χ1v) is 7.56. The van der Waals surface area contributed by atoms with Gasteiger partial charge in [0.2, 0.25) is 0 Å². The molecule has 0 aromatic heterocycles. The molecule has 108 valence electrons. The van der Waals surface area contributed by atoms with E-state index in [2.05, 4.69) is 0 Å². The van der Waals surface area contributed by atoms with Crippen molar-refractivity contribution >= 4 is 5.69 Å². The minimum atomic E-state index is -0.346. The lowest BCUT2D eigenvalue weighted by Gasteiger charge is -2.37. The zero-order chi connectivity index (χ0) is 14.2. The van der Waals surface area contributed by atoms with Crippen LogP contribution < -0.4 is 5.73 Å². The first kappa shape index (κ1) is 13.6. The monoisotopic (exact) mass is 274 g/mol. The Morgan fingerprint density at radius 3 is 2.55 bits per heavy atom. The number of nitrogens with two attached hydrogens (primary N) is 1. The smallest absolute Gasteiger partial charge is 0.269 e. The van der Waals surface area contributed by atoms with E-state index in [1.807, 2.05) is 12.1 Å². The average Bonchev–Trinajstić information content (AvgIpc) is 3.06. The van der Waals surface area contributed by atoms with Gasteiger partial charge >= 0.3 is 0 Å². The lowest BCUT2D eigenvalue weighted by atomic mass is 9.70. The Kier molecular flexibility index (Phi) is 3.50. The number of rotatable bonds is 5. The highest BCUT2D eigenvalue weighted by atomic mass is 16.6. The van der Waals surface area contributed by atoms with E-state index >= 15 is 0 Å². The van der Waals surface area contributed by atoms with Crippen LogP contribution in [0.25, 0.3) is 0 Å². The second kappa shape index (κ2) is 5.17. The molecular formula is C16H22N2O2. The molecule has 3 atom stereocenters. The predicted molar refractivity (Wildman–Crippen MR) is 78.4 cm³/mol. The highest BCUT2D eigenvalue weighted by molar-refractivity contribution is 5.33. The molecule has 1 aromatic carbocycles. The van der Waals surface area contributed by atoms with Crippen LogP contribution in [0.15, 0.2) is 24.3 Å². The summed E-state index contributed by atoms with van der Waals surface area (Å²) in [4.78, 5) is 10.3. The highest BCUT2D eigenvalue weighted by Gasteiger charge is 2.49. The van der Waals surface area contributed by atoms with Crippen LogP contribution in [0.5, 0.6) is 0 Å². The van der Waals surface area contributed by atoms with Gasteiger partial charge < -0.3 is 5.73 Å². The molecule has 2 saturated carbocycles. The molecule has 3 unspecified atom stereocenters. The summed E-state index contributed by atoms with van der Waals surface area (Å²) in [5, 5.41) is 10.7. The first-order chi connectivity index (χ1) is 9.63. The molecule has 3 rings (SSSR count). The number of aryl methyl sites for hydroxylation is 1. The number of fused-ring (bicyclic) bond motifs is 2. The van der Waals surface area contributed by atoms with Gasteiger partial charge in [-0.25, -0.2) is 0 Å². The number of nitro groups is 1. The van der Waals surface area contributed by atoms with Crippen LogP contribution in [0.2, 0.25) is 0 Å². The quantitative estimate of drug-likeness (QED) is 0.661. The SMILES string of the molecule is NCC1(CCc2ccc([N+](=O)[O-])cc2)CC2CCC1C2. The summed E-state index contributed by atoms with van der Waals surface area (Å²) in [6.07, 6.45) is 7.52. The molecule has 4 nitrogen and oxygen atoms in total. The molecule has 0 radical (unpaired) electrons. The molecule has 1 aromatic rings. The van der Waals surface area contributed by atoms with Crippen LogP contribution in [-0.4, -0.2) is 11.5 Å². The highest BCUT2D eigenvalue weighted by Crippen LogP contribution is 2.57. The van der Waals surface area contributed by atoms with E-state index in [1.165, 1.54) is 31.2 Å². The van der Waals surface area contributed by atoms with Crippen molar-refractivity contribution < 1.29 is 4.92 Å². The molecule has 0 amide bonds. The largest absolute Gasteiger partial charge is 0.330 e. The fourth-order valence-electron chi connectivity index (χ4n) is 4.39. The van der Waals surface area contributed by atoms with Crippen LogP contribution in [0.1, 0.15) is 37.7 Å². The van der Waals surface area contributed by atoms with E-state index in [1.54, 1.807) is 12.1 Å². The minimum Gasteiger partial charge on any atom is -0.330 e. The van der Waals surface area contributed by atoms with E-state index in [4.69, 9.17) is 5.73 Å². The van der Waals surface area contributed by atoms with Gasteiger partial charge in [0.25, 0.3) is 5.69 Å². The van der Waals surface area contributed by atoms with Gasteiger partial charge in [-0.05, 0) is 61.5 Å². The topological polar surface area (TPSA) is 69.2 Å². The van der Waals surface area contributed by atoms with E-state index in [-0.39, 0.29) is 10.6 Å².